The summed E-state index contributed by atoms with van der Waals surface area (Å²) in [4.78, 5) is 23.5. The molecule has 0 aliphatic heterocycles. The average Bonchev–Trinajstić information content (AvgIpc) is 2.94. The standard InChI is InChI=1S/C14H12O6S/c1-19-14(16)12-8-7-11(20-12)13(15)9-3-5-10(6-4-9)21(2,17)18/h3-8H,1-2H3. The van der Waals surface area contributed by atoms with Gasteiger partial charge < -0.3 is 9.15 Å². The molecular weight excluding hydrogens is 296 g/mol. The highest BCUT2D eigenvalue weighted by Gasteiger charge is 2.18. The quantitative estimate of drug-likeness (QED) is 0.630. The fourth-order valence-electron chi connectivity index (χ4n) is 1.67. The van der Waals surface area contributed by atoms with Crippen LogP contribution in [-0.4, -0.2) is 33.5 Å². The van der Waals surface area contributed by atoms with Gasteiger partial charge in [0.25, 0.3) is 0 Å². The van der Waals surface area contributed by atoms with E-state index < -0.39 is 21.6 Å². The number of esters is 1. The predicted octanol–water partition coefficient (Wildman–Crippen LogP) is 1.70. The van der Waals surface area contributed by atoms with Gasteiger partial charge in [0.1, 0.15) is 0 Å². The Kier molecular flexibility index (Phi) is 3.95. The molecule has 2 aromatic rings. The minimum atomic E-state index is -3.32. The Morgan fingerprint density at radius 3 is 2.10 bits per heavy atom. The van der Waals surface area contributed by atoms with Crippen LogP contribution in [0.1, 0.15) is 26.7 Å². The zero-order chi connectivity index (χ0) is 15.6. The van der Waals surface area contributed by atoms with Gasteiger partial charge in [0, 0.05) is 11.8 Å². The molecule has 0 bridgehead atoms. The Morgan fingerprint density at radius 2 is 1.57 bits per heavy atom. The smallest absolute Gasteiger partial charge is 0.373 e. The second-order valence-corrected chi connectivity index (χ2v) is 6.30. The van der Waals surface area contributed by atoms with Gasteiger partial charge in [-0.2, -0.15) is 0 Å². The Bertz CT molecular complexity index is 783. The lowest BCUT2D eigenvalue weighted by Gasteiger charge is -2.01. The van der Waals surface area contributed by atoms with E-state index in [2.05, 4.69) is 4.74 Å². The van der Waals surface area contributed by atoms with E-state index in [0.29, 0.717) is 0 Å². The fourth-order valence-corrected chi connectivity index (χ4v) is 2.30. The van der Waals surface area contributed by atoms with Crippen LogP contribution >= 0.6 is 0 Å². The number of sulfone groups is 1. The maximum absolute atomic E-state index is 12.1. The lowest BCUT2D eigenvalue weighted by Crippen LogP contribution is -2.02. The number of hydrogen-bond acceptors (Lipinski definition) is 6. The maximum atomic E-state index is 12.1. The third kappa shape index (κ3) is 3.19. The summed E-state index contributed by atoms with van der Waals surface area (Å²) in [6.07, 6.45) is 1.08. The molecule has 110 valence electrons. The summed E-state index contributed by atoms with van der Waals surface area (Å²) in [7, 11) is -2.11. The molecule has 0 fully saturated rings. The number of rotatable bonds is 4. The number of carbonyl (C=O) groups excluding carboxylic acids is 2. The van der Waals surface area contributed by atoms with E-state index in [1.54, 1.807) is 0 Å². The lowest BCUT2D eigenvalue weighted by molar-refractivity contribution is 0.0563. The molecule has 7 heteroatoms. The number of ether oxygens (including phenoxy) is 1. The highest BCUT2D eigenvalue weighted by atomic mass is 32.2. The molecule has 0 N–H and O–H groups in total. The van der Waals surface area contributed by atoms with Crippen LogP contribution in [0.25, 0.3) is 0 Å². The number of furan rings is 1. The summed E-state index contributed by atoms with van der Waals surface area (Å²) < 4.78 is 32.3. The van der Waals surface area contributed by atoms with Crippen LogP contribution in [0.15, 0.2) is 45.7 Å². The summed E-state index contributed by atoms with van der Waals surface area (Å²) in [5, 5.41) is 0. The number of ketones is 1. The Balaban J connectivity index is 2.28. The predicted molar refractivity (Wildman–Crippen MR) is 73.0 cm³/mol. The van der Waals surface area contributed by atoms with Crippen molar-refractivity contribution in [3.63, 3.8) is 0 Å². The molecule has 0 atom stereocenters. The van der Waals surface area contributed by atoms with E-state index in [1.807, 2.05) is 0 Å². The third-order valence-corrected chi connectivity index (χ3v) is 3.89. The zero-order valence-corrected chi connectivity index (χ0v) is 12.1. The lowest BCUT2D eigenvalue weighted by atomic mass is 10.1. The SMILES string of the molecule is COC(=O)c1ccc(C(=O)c2ccc(S(C)(=O)=O)cc2)o1. The molecule has 0 saturated heterocycles. The van der Waals surface area contributed by atoms with E-state index in [1.165, 1.54) is 43.5 Å². The minimum absolute atomic E-state index is 0.0255. The molecule has 0 aliphatic carbocycles. The molecular formula is C14H12O6S. The first-order valence-corrected chi connectivity index (χ1v) is 7.75. The molecule has 0 aliphatic rings. The summed E-state index contributed by atoms with van der Waals surface area (Å²) >= 11 is 0. The largest absolute Gasteiger partial charge is 0.463 e. The van der Waals surface area contributed by atoms with Crippen molar-refractivity contribution in [2.24, 2.45) is 0 Å². The summed E-state index contributed by atoms with van der Waals surface area (Å²) in [5.74, 6) is -1.23. The van der Waals surface area contributed by atoms with Crippen molar-refractivity contribution in [2.45, 2.75) is 4.90 Å². The van der Waals surface area contributed by atoms with E-state index in [0.717, 1.165) is 6.26 Å². The summed E-state index contributed by atoms with van der Waals surface area (Å²) in [6.45, 7) is 0. The van der Waals surface area contributed by atoms with Gasteiger partial charge in [-0.3, -0.25) is 4.79 Å². The van der Waals surface area contributed by atoms with Crippen LogP contribution in [0.5, 0.6) is 0 Å². The number of benzene rings is 1. The average molecular weight is 308 g/mol. The molecule has 2 rings (SSSR count). The Hall–Kier alpha value is -2.41. The molecule has 1 aromatic carbocycles. The number of methoxy groups -OCH3 is 1. The van der Waals surface area contributed by atoms with Crippen molar-refractivity contribution in [1.82, 2.24) is 0 Å². The van der Waals surface area contributed by atoms with Crippen LogP contribution in [0.2, 0.25) is 0 Å². The van der Waals surface area contributed by atoms with Crippen molar-refractivity contribution in [2.75, 3.05) is 13.4 Å². The van der Waals surface area contributed by atoms with Gasteiger partial charge in [-0.05, 0) is 36.4 Å². The van der Waals surface area contributed by atoms with Crippen LogP contribution in [-0.2, 0) is 14.6 Å². The Labute approximate surface area is 121 Å². The first-order valence-electron chi connectivity index (χ1n) is 5.86. The topological polar surface area (TPSA) is 90.7 Å². The molecule has 21 heavy (non-hydrogen) atoms. The maximum Gasteiger partial charge on any atom is 0.373 e. The monoisotopic (exact) mass is 308 g/mol. The van der Waals surface area contributed by atoms with Crippen molar-refractivity contribution >= 4 is 21.6 Å². The summed E-state index contributed by atoms with van der Waals surface area (Å²) in [5.41, 5.74) is 0.258. The van der Waals surface area contributed by atoms with Gasteiger partial charge in [-0.15, -0.1) is 0 Å². The van der Waals surface area contributed by atoms with E-state index in [-0.39, 0.29) is 22.0 Å². The first kappa shape index (κ1) is 15.0. The molecule has 0 unspecified atom stereocenters. The van der Waals surface area contributed by atoms with E-state index in [4.69, 9.17) is 4.42 Å². The normalized spacial score (nSPS) is 11.1. The minimum Gasteiger partial charge on any atom is -0.463 e. The van der Waals surface area contributed by atoms with Crippen LogP contribution in [0, 0.1) is 0 Å². The van der Waals surface area contributed by atoms with Crippen LogP contribution in [0.4, 0.5) is 0 Å². The molecule has 0 saturated carbocycles. The first-order chi connectivity index (χ1) is 9.82. The molecule has 6 nitrogen and oxygen atoms in total. The second kappa shape index (κ2) is 5.53. The fraction of sp³-hybridized carbons (Fsp3) is 0.143. The van der Waals surface area contributed by atoms with Gasteiger partial charge in [-0.25, -0.2) is 13.2 Å². The van der Waals surface area contributed by atoms with Gasteiger partial charge in [0.15, 0.2) is 15.6 Å². The number of hydrogen-bond donors (Lipinski definition) is 0. The molecule has 0 amide bonds. The van der Waals surface area contributed by atoms with Crippen molar-refractivity contribution in [1.29, 1.82) is 0 Å². The molecule has 0 radical (unpaired) electrons. The number of carbonyl (C=O) groups is 2. The summed E-state index contributed by atoms with van der Waals surface area (Å²) in [6, 6.07) is 8.15. The van der Waals surface area contributed by atoms with Gasteiger partial charge in [-0.1, -0.05) is 0 Å². The zero-order valence-electron chi connectivity index (χ0n) is 11.3. The van der Waals surface area contributed by atoms with Crippen LogP contribution < -0.4 is 0 Å². The van der Waals surface area contributed by atoms with Crippen molar-refractivity contribution in [3.05, 3.63) is 53.5 Å². The molecule has 0 spiro atoms. The van der Waals surface area contributed by atoms with Gasteiger partial charge in [0.2, 0.25) is 11.5 Å². The van der Waals surface area contributed by atoms with E-state index >= 15 is 0 Å². The van der Waals surface area contributed by atoms with Gasteiger partial charge >= 0.3 is 5.97 Å². The van der Waals surface area contributed by atoms with Crippen LogP contribution in [0.3, 0.4) is 0 Å². The second-order valence-electron chi connectivity index (χ2n) is 4.28. The van der Waals surface area contributed by atoms with E-state index in [9.17, 15) is 18.0 Å². The van der Waals surface area contributed by atoms with Crippen molar-refractivity contribution < 1.29 is 27.2 Å². The van der Waals surface area contributed by atoms with Gasteiger partial charge in [0.05, 0.1) is 12.0 Å². The highest BCUT2D eigenvalue weighted by Crippen LogP contribution is 2.16. The van der Waals surface area contributed by atoms with Crippen molar-refractivity contribution in [3.8, 4) is 0 Å². The molecule has 1 aromatic heterocycles. The molecule has 1 heterocycles. The third-order valence-electron chi connectivity index (χ3n) is 2.76. The Morgan fingerprint density at radius 1 is 1.00 bits per heavy atom. The highest BCUT2D eigenvalue weighted by molar-refractivity contribution is 7.90.